The van der Waals surface area contributed by atoms with E-state index in [9.17, 15) is 0 Å². The van der Waals surface area contributed by atoms with Crippen LogP contribution < -0.4 is 0 Å². The van der Waals surface area contributed by atoms with Gasteiger partial charge in [0, 0.05) is 0 Å². The number of allylic oxidation sites excluding steroid dienone is 1. The van der Waals surface area contributed by atoms with E-state index in [1.165, 1.54) is 18.4 Å². The Morgan fingerprint density at radius 2 is 1.93 bits per heavy atom. The molecular formula is C12H24OSi. The average molecular weight is 212 g/mol. The second-order valence-corrected chi connectivity index (χ2v) is 8.00. The Bertz CT molecular complexity index is 237. The molecule has 1 unspecified atom stereocenters. The van der Waals surface area contributed by atoms with Gasteiger partial charge in [0.15, 0.2) is 9.04 Å². The highest BCUT2D eigenvalue weighted by Gasteiger charge is 2.46. The van der Waals surface area contributed by atoms with Gasteiger partial charge in [-0.25, -0.2) is 0 Å². The third kappa shape index (κ3) is 1.96. The van der Waals surface area contributed by atoms with Crippen LogP contribution in [0.1, 0.15) is 40.5 Å². The Labute approximate surface area is 90.3 Å². The van der Waals surface area contributed by atoms with E-state index < -0.39 is 9.04 Å². The minimum atomic E-state index is -0.970. The minimum absolute atomic E-state index is 0.0351. The van der Waals surface area contributed by atoms with Crippen LogP contribution in [0.4, 0.5) is 0 Å². The number of hydrogen-bond donors (Lipinski definition) is 0. The normalized spacial score (nSPS) is 28.4. The highest BCUT2D eigenvalue weighted by molar-refractivity contribution is 6.48. The molecule has 0 fully saturated rings. The van der Waals surface area contributed by atoms with Crippen LogP contribution >= 0.6 is 0 Å². The molecule has 0 heterocycles. The van der Waals surface area contributed by atoms with Gasteiger partial charge in [-0.2, -0.15) is 0 Å². The van der Waals surface area contributed by atoms with Crippen LogP contribution in [0.25, 0.3) is 0 Å². The van der Waals surface area contributed by atoms with E-state index in [2.05, 4.69) is 46.9 Å². The summed E-state index contributed by atoms with van der Waals surface area (Å²) in [6.45, 7) is 13.7. The van der Waals surface area contributed by atoms with Gasteiger partial charge in [-0.15, -0.1) is 0 Å². The fourth-order valence-electron chi connectivity index (χ4n) is 2.55. The molecule has 82 valence electrons. The van der Waals surface area contributed by atoms with Gasteiger partial charge >= 0.3 is 0 Å². The van der Waals surface area contributed by atoms with E-state index >= 15 is 0 Å². The largest absolute Gasteiger partial charge is 0.411 e. The van der Waals surface area contributed by atoms with E-state index in [1.807, 2.05) is 0 Å². The van der Waals surface area contributed by atoms with Crippen molar-refractivity contribution in [2.75, 3.05) is 0 Å². The van der Waals surface area contributed by atoms with Gasteiger partial charge in [0.25, 0.3) is 0 Å². The first kappa shape index (κ1) is 12.0. The summed E-state index contributed by atoms with van der Waals surface area (Å²) in [5, 5.41) is 0. The molecule has 0 aromatic heterocycles. The van der Waals surface area contributed by atoms with Crippen molar-refractivity contribution in [1.29, 1.82) is 0 Å². The molecule has 0 radical (unpaired) electrons. The summed E-state index contributed by atoms with van der Waals surface area (Å²) in [7, 11) is -0.970. The van der Waals surface area contributed by atoms with Crippen LogP contribution in [0.15, 0.2) is 11.6 Å². The third-order valence-electron chi connectivity index (χ3n) is 3.23. The minimum Gasteiger partial charge on any atom is -0.411 e. The first-order valence-corrected chi connectivity index (χ1v) is 8.43. The van der Waals surface area contributed by atoms with Crippen molar-refractivity contribution < 1.29 is 4.43 Å². The summed E-state index contributed by atoms with van der Waals surface area (Å²) in [5.41, 5.74) is 1.71. The molecule has 0 saturated carbocycles. The topological polar surface area (TPSA) is 9.23 Å². The van der Waals surface area contributed by atoms with Crippen molar-refractivity contribution in [2.45, 2.75) is 59.2 Å². The zero-order valence-electron chi connectivity index (χ0n) is 10.5. The van der Waals surface area contributed by atoms with E-state index in [1.54, 1.807) is 0 Å². The lowest BCUT2D eigenvalue weighted by molar-refractivity contribution is -0.000319. The molecule has 0 bridgehead atoms. The van der Waals surface area contributed by atoms with Crippen LogP contribution in [0, 0.1) is 5.41 Å². The highest BCUT2D eigenvalue weighted by atomic mass is 28.3. The monoisotopic (exact) mass is 212 g/mol. The Balaban J connectivity index is 2.98. The molecule has 0 aromatic carbocycles. The van der Waals surface area contributed by atoms with Gasteiger partial charge in [-0.3, -0.25) is 0 Å². The van der Waals surface area contributed by atoms with E-state index in [4.69, 9.17) is 4.43 Å². The Morgan fingerprint density at radius 3 is 2.21 bits per heavy atom. The van der Waals surface area contributed by atoms with Crippen LogP contribution in [-0.4, -0.2) is 14.6 Å². The molecule has 0 saturated heterocycles. The Hall–Kier alpha value is -0.0831. The van der Waals surface area contributed by atoms with Gasteiger partial charge < -0.3 is 4.43 Å². The van der Waals surface area contributed by atoms with E-state index in [-0.39, 0.29) is 11.0 Å². The van der Waals surface area contributed by atoms with E-state index in [0.29, 0.717) is 0 Å². The lowest BCUT2D eigenvalue weighted by Gasteiger charge is -2.45. The SMILES string of the molecule is CC1=CCCC1(O[SiH](C)C)C(C)(C)C. The summed E-state index contributed by atoms with van der Waals surface area (Å²) in [5.74, 6) is 0. The lowest BCUT2D eigenvalue weighted by Crippen LogP contribution is -2.47. The van der Waals surface area contributed by atoms with Crippen molar-refractivity contribution in [3.05, 3.63) is 11.6 Å². The van der Waals surface area contributed by atoms with Crippen molar-refractivity contribution in [3.63, 3.8) is 0 Å². The molecule has 0 amide bonds. The first-order valence-electron chi connectivity index (χ1n) is 5.65. The molecule has 1 rings (SSSR count). The Kier molecular flexibility index (Phi) is 3.27. The average Bonchev–Trinajstić information content (AvgIpc) is 2.30. The summed E-state index contributed by atoms with van der Waals surface area (Å²) in [4.78, 5) is 0. The first-order chi connectivity index (χ1) is 6.29. The smallest absolute Gasteiger partial charge is 0.172 e. The van der Waals surface area contributed by atoms with Crippen molar-refractivity contribution >= 4 is 9.04 Å². The predicted molar refractivity (Wildman–Crippen MR) is 65.1 cm³/mol. The zero-order chi connectivity index (χ0) is 11.0. The van der Waals surface area contributed by atoms with Crippen molar-refractivity contribution in [1.82, 2.24) is 0 Å². The summed E-state index contributed by atoms with van der Waals surface area (Å²) >= 11 is 0. The molecule has 1 aliphatic rings. The van der Waals surface area contributed by atoms with Crippen molar-refractivity contribution in [3.8, 4) is 0 Å². The maximum atomic E-state index is 6.35. The quantitative estimate of drug-likeness (QED) is 0.503. The molecular weight excluding hydrogens is 188 g/mol. The maximum Gasteiger partial charge on any atom is 0.172 e. The molecule has 0 N–H and O–H groups in total. The summed E-state index contributed by atoms with van der Waals surface area (Å²) in [6, 6.07) is 0. The van der Waals surface area contributed by atoms with Crippen LogP contribution in [-0.2, 0) is 4.43 Å². The van der Waals surface area contributed by atoms with Gasteiger partial charge in [-0.1, -0.05) is 26.8 Å². The van der Waals surface area contributed by atoms with Crippen LogP contribution in [0.3, 0.4) is 0 Å². The highest BCUT2D eigenvalue weighted by Crippen LogP contribution is 2.47. The van der Waals surface area contributed by atoms with Crippen LogP contribution in [0.2, 0.25) is 13.1 Å². The molecule has 1 aliphatic carbocycles. The van der Waals surface area contributed by atoms with E-state index in [0.717, 1.165) is 0 Å². The fraction of sp³-hybridized carbons (Fsp3) is 0.833. The third-order valence-corrected chi connectivity index (χ3v) is 4.11. The molecule has 0 aromatic rings. The summed E-state index contributed by atoms with van der Waals surface area (Å²) < 4.78 is 6.35. The second-order valence-electron chi connectivity index (χ2n) is 5.67. The van der Waals surface area contributed by atoms with Gasteiger partial charge in [0.05, 0.1) is 5.60 Å². The zero-order valence-corrected chi connectivity index (χ0v) is 11.6. The second kappa shape index (κ2) is 3.82. The predicted octanol–water partition coefficient (Wildman–Crippen LogP) is 3.51. The van der Waals surface area contributed by atoms with Gasteiger partial charge in [0.1, 0.15) is 0 Å². The standard InChI is InChI=1S/C12H24OSi/c1-10-8-7-9-12(10,11(2,3)4)13-14(5)6/h8,14H,7,9H2,1-6H3. The number of rotatable bonds is 2. The molecule has 0 spiro atoms. The fourth-order valence-corrected chi connectivity index (χ4v) is 4.01. The summed E-state index contributed by atoms with van der Waals surface area (Å²) in [6.07, 6.45) is 4.71. The molecule has 0 aliphatic heterocycles. The van der Waals surface area contributed by atoms with Crippen molar-refractivity contribution in [2.24, 2.45) is 5.41 Å². The number of hydrogen-bond acceptors (Lipinski definition) is 1. The maximum absolute atomic E-state index is 6.35. The molecule has 1 atom stereocenters. The molecule has 14 heavy (non-hydrogen) atoms. The lowest BCUT2D eigenvalue weighted by atomic mass is 9.73. The van der Waals surface area contributed by atoms with Crippen LogP contribution in [0.5, 0.6) is 0 Å². The van der Waals surface area contributed by atoms with Gasteiger partial charge in [-0.05, 0) is 43.8 Å². The molecule has 1 nitrogen and oxygen atoms in total. The Morgan fingerprint density at radius 1 is 1.36 bits per heavy atom. The molecule has 2 heteroatoms. The van der Waals surface area contributed by atoms with Gasteiger partial charge in [0.2, 0.25) is 0 Å².